The summed E-state index contributed by atoms with van der Waals surface area (Å²) in [7, 11) is -3.96. The van der Waals surface area contributed by atoms with Crippen molar-refractivity contribution in [3.05, 3.63) is 59.2 Å². The van der Waals surface area contributed by atoms with E-state index in [1.165, 1.54) is 18.2 Å². The van der Waals surface area contributed by atoms with Crippen LogP contribution in [-0.4, -0.2) is 36.7 Å². The van der Waals surface area contributed by atoms with Crippen LogP contribution in [0.15, 0.2) is 47.4 Å². The van der Waals surface area contributed by atoms with Crippen LogP contribution in [0.4, 0.5) is 0 Å². The number of carbonyl (C=O) groups is 2. The first kappa shape index (κ1) is 21.8. The van der Waals surface area contributed by atoms with Crippen LogP contribution in [0.2, 0.25) is 0 Å². The molecule has 0 bridgehead atoms. The van der Waals surface area contributed by atoms with E-state index in [2.05, 4.69) is 5.32 Å². The Morgan fingerprint density at radius 2 is 1.73 bits per heavy atom. The van der Waals surface area contributed by atoms with Gasteiger partial charge in [-0.25, -0.2) is 12.7 Å². The molecule has 2 aromatic rings. The van der Waals surface area contributed by atoms with E-state index < -0.39 is 27.9 Å². The molecule has 1 aliphatic heterocycles. The molecule has 1 heterocycles. The number of carbonyl (C=O) groups excluding carboxylic acids is 2. The van der Waals surface area contributed by atoms with Crippen LogP contribution in [0.1, 0.15) is 66.9 Å². The van der Waals surface area contributed by atoms with E-state index in [-0.39, 0.29) is 28.2 Å². The van der Waals surface area contributed by atoms with Gasteiger partial charge in [-0.3, -0.25) is 9.59 Å². The summed E-state index contributed by atoms with van der Waals surface area (Å²) < 4.78 is 32.0. The maximum Gasteiger partial charge on any atom is 0.269 e. The third-order valence-electron chi connectivity index (χ3n) is 4.76. The highest BCUT2D eigenvalue weighted by molar-refractivity contribution is 7.90. The molecular weight excluding hydrogens is 404 g/mol. The minimum Gasteiger partial charge on any atom is -0.491 e. The number of hydrogen-bond donors (Lipinski definition) is 1. The lowest BCUT2D eigenvalue weighted by molar-refractivity contribution is 0.0845. The van der Waals surface area contributed by atoms with Crippen molar-refractivity contribution >= 4 is 21.8 Å². The van der Waals surface area contributed by atoms with E-state index in [4.69, 9.17) is 4.74 Å². The number of amides is 2. The molecule has 0 aliphatic carbocycles. The summed E-state index contributed by atoms with van der Waals surface area (Å²) in [6.45, 7) is 8.97. The maximum absolute atomic E-state index is 12.8. The first-order valence-electron chi connectivity index (χ1n) is 9.82. The predicted octanol–water partition coefficient (Wildman–Crippen LogP) is 3.52. The van der Waals surface area contributed by atoms with E-state index in [1.807, 2.05) is 45.0 Å². The van der Waals surface area contributed by atoms with Crippen molar-refractivity contribution in [2.45, 2.75) is 57.7 Å². The summed E-state index contributed by atoms with van der Waals surface area (Å²) in [4.78, 5) is 25.1. The summed E-state index contributed by atoms with van der Waals surface area (Å²) in [6, 6.07) is 10.7. The fourth-order valence-corrected chi connectivity index (χ4v) is 5.19. The van der Waals surface area contributed by atoms with Crippen molar-refractivity contribution < 1.29 is 22.7 Å². The van der Waals surface area contributed by atoms with Gasteiger partial charge in [0, 0.05) is 11.6 Å². The Hall–Kier alpha value is -2.87. The van der Waals surface area contributed by atoms with Crippen molar-refractivity contribution in [1.82, 2.24) is 9.62 Å². The smallest absolute Gasteiger partial charge is 0.269 e. The third-order valence-corrected chi connectivity index (χ3v) is 6.76. The number of hydrogen-bond acceptors (Lipinski definition) is 5. The molecule has 2 aromatic carbocycles. The van der Waals surface area contributed by atoms with Gasteiger partial charge in [-0.2, -0.15) is 0 Å². The minimum absolute atomic E-state index is 0.0339. The number of nitrogens with zero attached hydrogens (tertiary/aromatic N) is 1. The molecule has 1 unspecified atom stereocenters. The molecule has 0 spiro atoms. The summed E-state index contributed by atoms with van der Waals surface area (Å²) in [5.41, 5.74) is 1.13. The van der Waals surface area contributed by atoms with Gasteiger partial charge < -0.3 is 10.1 Å². The molecule has 30 heavy (non-hydrogen) atoms. The van der Waals surface area contributed by atoms with Crippen LogP contribution < -0.4 is 10.1 Å². The van der Waals surface area contributed by atoms with Crippen LogP contribution in [0, 0.1) is 0 Å². The Kier molecular flexibility index (Phi) is 5.90. The van der Waals surface area contributed by atoms with E-state index in [9.17, 15) is 18.0 Å². The zero-order valence-corrected chi connectivity index (χ0v) is 18.5. The Bertz CT molecular complexity index is 1090. The molecule has 7 nitrogen and oxygen atoms in total. The lowest BCUT2D eigenvalue weighted by atomic mass is 10.1. The van der Waals surface area contributed by atoms with E-state index in [0.717, 1.165) is 9.87 Å². The largest absolute Gasteiger partial charge is 0.491 e. The zero-order chi connectivity index (χ0) is 22.2. The fraction of sp³-hybridized carbons (Fsp3) is 0.364. The van der Waals surface area contributed by atoms with E-state index in [0.29, 0.717) is 5.75 Å². The summed E-state index contributed by atoms with van der Waals surface area (Å²) in [5.74, 6) is -0.284. The fourth-order valence-electron chi connectivity index (χ4n) is 3.39. The van der Waals surface area contributed by atoms with Crippen molar-refractivity contribution in [3.63, 3.8) is 0 Å². The number of rotatable bonds is 6. The molecule has 0 saturated heterocycles. The van der Waals surface area contributed by atoms with Crippen molar-refractivity contribution in [3.8, 4) is 5.75 Å². The molecular formula is C22H26N2O5S. The van der Waals surface area contributed by atoms with Gasteiger partial charge in [0.15, 0.2) is 0 Å². The zero-order valence-electron chi connectivity index (χ0n) is 17.7. The summed E-state index contributed by atoms with van der Waals surface area (Å²) in [6.07, 6.45) is 0.0339. The second kappa shape index (κ2) is 8.10. The van der Waals surface area contributed by atoms with Crippen molar-refractivity contribution in [2.24, 2.45) is 0 Å². The molecule has 8 heteroatoms. The first-order valence-corrected chi connectivity index (χ1v) is 11.3. The number of benzene rings is 2. The summed E-state index contributed by atoms with van der Waals surface area (Å²) >= 11 is 0. The lowest BCUT2D eigenvalue weighted by Crippen LogP contribution is -2.36. The van der Waals surface area contributed by atoms with Crippen LogP contribution in [-0.2, 0) is 10.0 Å². The molecule has 0 radical (unpaired) electrons. The van der Waals surface area contributed by atoms with Crippen LogP contribution in [0.25, 0.3) is 0 Å². The number of sulfonamides is 1. The Morgan fingerprint density at radius 3 is 2.37 bits per heavy atom. The van der Waals surface area contributed by atoms with Crippen LogP contribution in [0.3, 0.4) is 0 Å². The van der Waals surface area contributed by atoms with E-state index in [1.54, 1.807) is 13.8 Å². The van der Waals surface area contributed by atoms with Crippen molar-refractivity contribution in [2.75, 3.05) is 0 Å². The molecule has 3 rings (SSSR count). The number of fused-ring (bicyclic) bond motifs is 1. The first-order chi connectivity index (χ1) is 14.0. The highest BCUT2D eigenvalue weighted by Gasteiger charge is 2.42. The van der Waals surface area contributed by atoms with Gasteiger partial charge in [-0.05, 0) is 70.5 Å². The molecule has 2 amide bonds. The Labute approximate surface area is 177 Å². The maximum atomic E-state index is 12.8. The summed E-state index contributed by atoms with van der Waals surface area (Å²) in [5, 5.41) is 2.87. The van der Waals surface area contributed by atoms with Gasteiger partial charge in [0.05, 0.1) is 17.7 Å². The van der Waals surface area contributed by atoms with Gasteiger partial charge in [-0.15, -0.1) is 0 Å². The SMILES string of the molecule is CC(C)Oc1cccc(C(C)NC(=O)c2ccc3c(c2)S(=O)(=O)N(C(C)C)C3=O)c1. The molecule has 160 valence electrons. The second-order valence-electron chi connectivity index (χ2n) is 7.84. The predicted molar refractivity (Wildman–Crippen MR) is 113 cm³/mol. The van der Waals surface area contributed by atoms with Gasteiger partial charge in [0.2, 0.25) is 0 Å². The topological polar surface area (TPSA) is 92.8 Å². The molecule has 0 saturated carbocycles. The lowest BCUT2D eigenvalue weighted by Gasteiger charge is -2.19. The highest BCUT2D eigenvalue weighted by Crippen LogP contribution is 2.32. The number of ether oxygens (including phenoxy) is 1. The molecule has 1 N–H and O–H groups in total. The number of nitrogens with one attached hydrogen (secondary N) is 1. The average Bonchev–Trinajstić information content (AvgIpc) is 2.86. The second-order valence-corrected chi connectivity index (χ2v) is 9.63. The van der Waals surface area contributed by atoms with Crippen LogP contribution in [0.5, 0.6) is 5.75 Å². The monoisotopic (exact) mass is 430 g/mol. The van der Waals surface area contributed by atoms with Gasteiger partial charge in [-0.1, -0.05) is 12.1 Å². The highest BCUT2D eigenvalue weighted by atomic mass is 32.2. The molecule has 1 atom stereocenters. The Balaban J connectivity index is 1.83. The Morgan fingerprint density at radius 1 is 1.03 bits per heavy atom. The minimum atomic E-state index is -3.96. The van der Waals surface area contributed by atoms with Gasteiger partial charge >= 0.3 is 0 Å². The quantitative estimate of drug-likeness (QED) is 0.757. The molecule has 0 aromatic heterocycles. The normalized spacial score (nSPS) is 16.0. The third kappa shape index (κ3) is 4.05. The van der Waals surface area contributed by atoms with Gasteiger partial charge in [0.25, 0.3) is 21.8 Å². The molecule has 0 fully saturated rings. The standard InChI is InChI=1S/C22H26N2O5S/c1-13(2)24-22(26)19-10-9-17(12-20(19)30(24,27)28)21(25)23-15(5)16-7-6-8-18(11-16)29-14(3)4/h6-15H,1-5H3,(H,23,25). The average molecular weight is 431 g/mol. The molecule has 1 aliphatic rings. The van der Waals surface area contributed by atoms with Gasteiger partial charge in [0.1, 0.15) is 10.6 Å². The van der Waals surface area contributed by atoms with Crippen LogP contribution >= 0.6 is 0 Å². The van der Waals surface area contributed by atoms with Crippen molar-refractivity contribution in [1.29, 1.82) is 0 Å². The van der Waals surface area contributed by atoms with E-state index >= 15 is 0 Å².